The van der Waals surface area contributed by atoms with Crippen molar-refractivity contribution in [1.82, 2.24) is 19.6 Å². The molecule has 0 spiro atoms. The van der Waals surface area contributed by atoms with Crippen molar-refractivity contribution in [2.75, 3.05) is 31.6 Å². The van der Waals surface area contributed by atoms with Crippen LogP contribution in [-0.2, 0) is 11.3 Å². The van der Waals surface area contributed by atoms with Crippen molar-refractivity contribution >= 4 is 23.4 Å². The highest BCUT2D eigenvalue weighted by Crippen LogP contribution is 2.35. The van der Waals surface area contributed by atoms with Crippen LogP contribution in [0, 0.1) is 19.8 Å². The first kappa shape index (κ1) is 24.8. The minimum atomic E-state index is -0.283. The molecule has 0 N–H and O–H groups in total. The van der Waals surface area contributed by atoms with Gasteiger partial charge < -0.3 is 14.2 Å². The summed E-state index contributed by atoms with van der Waals surface area (Å²) in [5.41, 5.74) is 3.48. The maximum atomic E-state index is 13.5. The van der Waals surface area contributed by atoms with E-state index in [1.54, 1.807) is 24.3 Å². The molecule has 2 aliphatic heterocycles. The Morgan fingerprint density at radius 3 is 2.68 bits per heavy atom. The van der Waals surface area contributed by atoms with E-state index in [9.17, 15) is 14.4 Å². The maximum Gasteiger partial charge on any atom is 0.263 e. The lowest BCUT2D eigenvalue weighted by Crippen LogP contribution is -2.44. The van der Waals surface area contributed by atoms with Crippen molar-refractivity contribution in [1.29, 1.82) is 0 Å². The van der Waals surface area contributed by atoms with Crippen molar-refractivity contribution in [2.24, 2.45) is 5.92 Å². The molecule has 2 atom stereocenters. The second kappa shape index (κ2) is 9.88. The number of aromatic nitrogens is 2. The molecule has 2 aliphatic rings. The Hall–Kier alpha value is -3.88. The standard InChI is InChI=1S/C28H33N5O4/c1-18-16-19(2)33(29-18)14-13-32-27(35)22-9-5-10-23(25(22)28(32)36)31-12-6-8-21(17-31)26(34)30(4)20(3)24-11-7-15-37-24/h5,7,9-11,15-16,20-21H,6,8,12-14,17H2,1-4H3/t20-,21-/m0/s1. The third kappa shape index (κ3) is 4.54. The number of hydrogen-bond donors (Lipinski definition) is 0. The first-order valence-corrected chi connectivity index (χ1v) is 12.8. The van der Waals surface area contributed by atoms with E-state index in [1.807, 2.05) is 55.8 Å². The summed E-state index contributed by atoms with van der Waals surface area (Å²) in [5, 5.41) is 4.45. The second-order valence-electron chi connectivity index (χ2n) is 10.0. The van der Waals surface area contributed by atoms with Gasteiger partial charge in [0.1, 0.15) is 5.76 Å². The van der Waals surface area contributed by atoms with Gasteiger partial charge in [0.2, 0.25) is 5.91 Å². The number of amides is 3. The molecule has 1 aromatic carbocycles. The van der Waals surface area contributed by atoms with E-state index < -0.39 is 0 Å². The molecule has 1 fully saturated rings. The number of imide groups is 1. The van der Waals surface area contributed by atoms with E-state index in [0.29, 0.717) is 24.2 Å². The number of rotatable bonds is 7. The van der Waals surface area contributed by atoms with Gasteiger partial charge in [0, 0.05) is 32.4 Å². The van der Waals surface area contributed by atoms with Crippen LogP contribution in [0.25, 0.3) is 0 Å². The van der Waals surface area contributed by atoms with Crippen molar-refractivity contribution < 1.29 is 18.8 Å². The van der Waals surface area contributed by atoms with Crippen LogP contribution in [0.2, 0.25) is 0 Å². The molecule has 0 saturated carbocycles. The van der Waals surface area contributed by atoms with Crippen molar-refractivity contribution in [3.8, 4) is 0 Å². The van der Waals surface area contributed by atoms with Crippen LogP contribution in [0.1, 0.15) is 63.7 Å². The van der Waals surface area contributed by atoms with E-state index in [2.05, 4.69) is 10.00 Å². The SMILES string of the molecule is Cc1cc(C)n(CCN2C(=O)c3cccc(N4CCC[C@H](C(=O)N(C)[C@@H](C)c5ccco5)C4)c3C2=O)n1. The predicted octanol–water partition coefficient (Wildman–Crippen LogP) is 3.83. The topological polar surface area (TPSA) is 91.9 Å². The summed E-state index contributed by atoms with van der Waals surface area (Å²) in [6, 6.07) is 10.9. The smallest absolute Gasteiger partial charge is 0.263 e. The second-order valence-corrected chi connectivity index (χ2v) is 10.0. The number of anilines is 1. The van der Waals surface area contributed by atoms with E-state index in [0.717, 1.165) is 42.2 Å². The van der Waals surface area contributed by atoms with Gasteiger partial charge in [-0.1, -0.05) is 6.07 Å². The number of aryl methyl sites for hydroxylation is 2. The lowest BCUT2D eigenvalue weighted by atomic mass is 9.94. The van der Waals surface area contributed by atoms with Crippen molar-refractivity contribution in [2.45, 2.75) is 46.2 Å². The van der Waals surface area contributed by atoms with Gasteiger partial charge in [-0.3, -0.25) is 24.0 Å². The maximum absolute atomic E-state index is 13.5. The Labute approximate surface area is 216 Å². The molecule has 2 aromatic heterocycles. The fourth-order valence-corrected chi connectivity index (χ4v) is 5.47. The molecule has 9 heteroatoms. The minimum Gasteiger partial charge on any atom is -0.467 e. The largest absolute Gasteiger partial charge is 0.467 e. The van der Waals surface area contributed by atoms with Crippen LogP contribution < -0.4 is 4.90 Å². The van der Waals surface area contributed by atoms with E-state index in [1.165, 1.54) is 4.90 Å². The number of fused-ring (bicyclic) bond motifs is 1. The highest BCUT2D eigenvalue weighted by atomic mass is 16.3. The summed E-state index contributed by atoms with van der Waals surface area (Å²) >= 11 is 0. The monoisotopic (exact) mass is 503 g/mol. The summed E-state index contributed by atoms with van der Waals surface area (Å²) in [5.74, 6) is 0.0275. The molecular formula is C28H33N5O4. The molecule has 194 valence electrons. The summed E-state index contributed by atoms with van der Waals surface area (Å²) < 4.78 is 7.32. The van der Waals surface area contributed by atoms with Crippen molar-refractivity contribution in [3.63, 3.8) is 0 Å². The molecule has 0 unspecified atom stereocenters. The van der Waals surface area contributed by atoms with E-state index in [4.69, 9.17) is 4.42 Å². The molecule has 4 heterocycles. The number of piperidine rings is 1. The average Bonchev–Trinajstić information content (AvgIpc) is 3.61. The van der Waals surface area contributed by atoms with Crippen LogP contribution >= 0.6 is 0 Å². The molecular weight excluding hydrogens is 470 g/mol. The third-order valence-electron chi connectivity index (χ3n) is 7.61. The normalized spacial score (nSPS) is 18.3. The zero-order chi connectivity index (χ0) is 26.3. The van der Waals surface area contributed by atoms with E-state index >= 15 is 0 Å². The van der Waals surface area contributed by atoms with Gasteiger partial charge in [0.15, 0.2) is 0 Å². The minimum absolute atomic E-state index is 0.0510. The Balaban J connectivity index is 1.32. The van der Waals surface area contributed by atoms with Crippen molar-refractivity contribution in [3.05, 3.63) is 70.9 Å². The summed E-state index contributed by atoms with van der Waals surface area (Å²) in [6.07, 6.45) is 3.22. The number of benzene rings is 1. The van der Waals surface area contributed by atoms with Gasteiger partial charge in [-0.15, -0.1) is 0 Å². The molecule has 3 amide bonds. The molecule has 0 bridgehead atoms. The Kier molecular flexibility index (Phi) is 6.62. The summed E-state index contributed by atoms with van der Waals surface area (Å²) in [7, 11) is 1.80. The molecule has 3 aromatic rings. The third-order valence-corrected chi connectivity index (χ3v) is 7.61. The highest BCUT2D eigenvalue weighted by Gasteiger charge is 2.39. The Morgan fingerprint density at radius 2 is 1.97 bits per heavy atom. The number of hydrogen-bond acceptors (Lipinski definition) is 6. The number of furan rings is 1. The zero-order valence-electron chi connectivity index (χ0n) is 21.8. The fraction of sp³-hybridized carbons (Fsp3) is 0.429. The van der Waals surface area contributed by atoms with E-state index in [-0.39, 0.29) is 36.2 Å². The zero-order valence-corrected chi connectivity index (χ0v) is 21.8. The molecule has 9 nitrogen and oxygen atoms in total. The van der Waals surface area contributed by atoms with Crippen LogP contribution in [0.5, 0.6) is 0 Å². The quantitative estimate of drug-likeness (QED) is 0.455. The molecule has 0 radical (unpaired) electrons. The van der Waals surface area contributed by atoms with Gasteiger partial charge in [0.05, 0.1) is 47.3 Å². The first-order valence-electron chi connectivity index (χ1n) is 12.8. The Bertz CT molecular complexity index is 1330. The molecule has 1 saturated heterocycles. The predicted molar refractivity (Wildman–Crippen MR) is 138 cm³/mol. The lowest BCUT2D eigenvalue weighted by Gasteiger charge is -2.37. The van der Waals surface area contributed by atoms with Crippen LogP contribution in [0.3, 0.4) is 0 Å². The van der Waals surface area contributed by atoms with Gasteiger partial charge in [0.25, 0.3) is 11.8 Å². The van der Waals surface area contributed by atoms with Crippen LogP contribution in [0.4, 0.5) is 5.69 Å². The molecule has 5 rings (SSSR count). The molecule has 37 heavy (non-hydrogen) atoms. The molecule has 0 aliphatic carbocycles. The van der Waals surface area contributed by atoms with Crippen LogP contribution in [0.15, 0.2) is 47.1 Å². The Morgan fingerprint density at radius 1 is 1.16 bits per heavy atom. The van der Waals surface area contributed by atoms with Gasteiger partial charge in [-0.2, -0.15) is 5.10 Å². The average molecular weight is 504 g/mol. The lowest BCUT2D eigenvalue weighted by molar-refractivity contribution is -0.136. The van der Waals surface area contributed by atoms with Gasteiger partial charge in [-0.05, 0) is 63.9 Å². The number of carbonyl (C=O) groups is 3. The van der Waals surface area contributed by atoms with Gasteiger partial charge in [-0.25, -0.2) is 0 Å². The van der Waals surface area contributed by atoms with Crippen LogP contribution in [-0.4, -0.2) is 64.0 Å². The number of carbonyl (C=O) groups excluding carboxylic acids is 3. The summed E-state index contributed by atoms with van der Waals surface area (Å²) in [6.45, 7) is 7.76. The highest BCUT2D eigenvalue weighted by molar-refractivity contribution is 6.23. The van der Waals surface area contributed by atoms with Gasteiger partial charge >= 0.3 is 0 Å². The fourth-order valence-electron chi connectivity index (χ4n) is 5.47. The number of nitrogens with zero attached hydrogens (tertiary/aromatic N) is 5. The first-order chi connectivity index (χ1) is 17.8. The summed E-state index contributed by atoms with van der Waals surface area (Å²) in [4.78, 5) is 45.2.